The Balaban J connectivity index is 1.71. The summed E-state index contributed by atoms with van der Waals surface area (Å²) < 4.78 is 51.6. The van der Waals surface area contributed by atoms with Gasteiger partial charge in [-0.25, -0.2) is 0 Å². The maximum absolute atomic E-state index is 13.1. The Morgan fingerprint density at radius 1 is 1.07 bits per heavy atom. The van der Waals surface area contributed by atoms with Crippen molar-refractivity contribution in [2.45, 2.75) is 25.6 Å². The topological polar surface area (TPSA) is 40.5 Å². The maximum Gasteiger partial charge on any atom is 0.416 e. The van der Waals surface area contributed by atoms with Crippen molar-refractivity contribution in [3.8, 4) is 5.75 Å². The molecule has 0 amide bonds. The van der Waals surface area contributed by atoms with Crippen LogP contribution < -0.4 is 4.74 Å². The van der Waals surface area contributed by atoms with Gasteiger partial charge in [-0.05, 0) is 29.8 Å². The predicted molar refractivity (Wildman–Crippen MR) is 99.2 cm³/mol. The molecule has 3 rings (SSSR count). The number of aryl methyl sites for hydroxylation is 1. The Labute approximate surface area is 160 Å². The number of carbonyl (C=O) groups excluding carboxylic acids is 1. The largest absolute Gasteiger partial charge is 0.493 e. The molecule has 0 unspecified atom stereocenters. The molecule has 0 saturated carbocycles. The van der Waals surface area contributed by atoms with E-state index in [4.69, 9.17) is 4.74 Å². The van der Waals surface area contributed by atoms with Crippen molar-refractivity contribution in [1.82, 2.24) is 4.57 Å². The minimum Gasteiger partial charge on any atom is -0.493 e. The highest BCUT2D eigenvalue weighted by Gasteiger charge is 2.32. The van der Waals surface area contributed by atoms with Gasteiger partial charge in [0.1, 0.15) is 5.75 Å². The molecule has 0 aliphatic heterocycles. The van der Waals surface area contributed by atoms with Crippen LogP contribution in [0.15, 0.2) is 54.7 Å². The molecule has 0 atom stereocenters. The number of hydrogen-bond acceptors (Lipinski definition) is 3. The fraction of sp³-hybridized carbons (Fsp3) is 0.286. The van der Waals surface area contributed by atoms with Crippen LogP contribution in [0.4, 0.5) is 13.2 Å². The molecule has 0 N–H and O–H groups in total. The molecule has 0 aliphatic carbocycles. The van der Waals surface area contributed by atoms with E-state index in [1.807, 2.05) is 29.0 Å². The van der Waals surface area contributed by atoms with Crippen LogP contribution in [-0.2, 0) is 28.7 Å². The van der Waals surface area contributed by atoms with E-state index in [-0.39, 0.29) is 31.0 Å². The van der Waals surface area contributed by atoms with Crippen molar-refractivity contribution in [3.63, 3.8) is 0 Å². The van der Waals surface area contributed by atoms with Crippen LogP contribution in [0.5, 0.6) is 5.75 Å². The van der Waals surface area contributed by atoms with Gasteiger partial charge in [0.15, 0.2) is 0 Å². The highest BCUT2D eigenvalue weighted by atomic mass is 19.4. The average Bonchev–Trinajstić information content (AvgIpc) is 3.09. The highest BCUT2D eigenvalue weighted by Crippen LogP contribution is 2.32. The van der Waals surface area contributed by atoms with Crippen LogP contribution in [0, 0.1) is 0 Å². The van der Waals surface area contributed by atoms with Crippen molar-refractivity contribution in [1.29, 1.82) is 0 Å². The first-order valence-corrected chi connectivity index (χ1v) is 8.82. The van der Waals surface area contributed by atoms with Gasteiger partial charge >= 0.3 is 12.1 Å². The zero-order chi connectivity index (χ0) is 20.1. The Morgan fingerprint density at radius 3 is 2.61 bits per heavy atom. The quantitative estimate of drug-likeness (QED) is 0.541. The number of halogens is 3. The van der Waals surface area contributed by atoms with Crippen molar-refractivity contribution in [3.05, 3.63) is 65.9 Å². The van der Waals surface area contributed by atoms with Crippen LogP contribution >= 0.6 is 0 Å². The standard InChI is InChI=1S/C21H20F3NO3/c1-27-20(26)10-13-25-12-9-16-18(25)7-4-8-19(16)28-14-11-15-5-2-3-6-17(15)21(22,23)24/h2-9,12H,10-11,13-14H2,1H3. The lowest BCUT2D eigenvalue weighted by Gasteiger charge is -2.13. The number of ether oxygens (including phenoxy) is 2. The Kier molecular flexibility index (Phi) is 5.92. The highest BCUT2D eigenvalue weighted by molar-refractivity contribution is 5.86. The third kappa shape index (κ3) is 4.47. The van der Waals surface area contributed by atoms with Gasteiger partial charge in [0, 0.05) is 24.5 Å². The summed E-state index contributed by atoms with van der Waals surface area (Å²) in [6, 6.07) is 12.9. The van der Waals surface area contributed by atoms with E-state index < -0.39 is 11.7 Å². The van der Waals surface area contributed by atoms with E-state index in [1.54, 1.807) is 12.1 Å². The molecule has 1 heterocycles. The van der Waals surface area contributed by atoms with Gasteiger partial charge < -0.3 is 14.0 Å². The summed E-state index contributed by atoms with van der Waals surface area (Å²) in [5, 5.41) is 0.844. The minimum atomic E-state index is -4.38. The van der Waals surface area contributed by atoms with Crippen molar-refractivity contribution < 1.29 is 27.4 Å². The second kappa shape index (κ2) is 8.37. The molecule has 148 valence electrons. The fourth-order valence-electron chi connectivity index (χ4n) is 3.12. The third-order valence-electron chi connectivity index (χ3n) is 4.51. The Hall–Kier alpha value is -2.96. The minimum absolute atomic E-state index is 0.125. The monoisotopic (exact) mass is 391 g/mol. The van der Waals surface area contributed by atoms with Crippen LogP contribution in [0.3, 0.4) is 0 Å². The first-order valence-electron chi connectivity index (χ1n) is 8.82. The molecule has 0 radical (unpaired) electrons. The third-order valence-corrected chi connectivity index (χ3v) is 4.51. The molecule has 0 spiro atoms. The van der Waals surface area contributed by atoms with E-state index >= 15 is 0 Å². The first-order chi connectivity index (χ1) is 13.4. The molecule has 28 heavy (non-hydrogen) atoms. The molecule has 7 heteroatoms. The summed E-state index contributed by atoms with van der Waals surface area (Å²) >= 11 is 0. The number of carbonyl (C=O) groups is 1. The number of alkyl halides is 3. The number of nitrogens with zero attached hydrogens (tertiary/aromatic N) is 1. The van der Waals surface area contributed by atoms with Crippen molar-refractivity contribution >= 4 is 16.9 Å². The molecule has 0 aliphatic rings. The molecule has 1 aromatic heterocycles. The van der Waals surface area contributed by atoms with E-state index in [1.165, 1.54) is 19.2 Å². The smallest absolute Gasteiger partial charge is 0.416 e. The number of fused-ring (bicyclic) bond motifs is 1. The summed E-state index contributed by atoms with van der Waals surface area (Å²) in [4.78, 5) is 11.3. The fourth-order valence-corrected chi connectivity index (χ4v) is 3.12. The van der Waals surface area contributed by atoms with Crippen molar-refractivity contribution in [2.24, 2.45) is 0 Å². The Bertz CT molecular complexity index is 963. The van der Waals surface area contributed by atoms with E-state index in [0.29, 0.717) is 12.3 Å². The van der Waals surface area contributed by atoms with E-state index in [0.717, 1.165) is 17.0 Å². The van der Waals surface area contributed by atoms with Gasteiger partial charge in [-0.3, -0.25) is 4.79 Å². The zero-order valence-corrected chi connectivity index (χ0v) is 15.3. The zero-order valence-electron chi connectivity index (χ0n) is 15.3. The molecule has 0 bridgehead atoms. The number of esters is 1. The second-order valence-corrected chi connectivity index (χ2v) is 6.28. The van der Waals surface area contributed by atoms with Crippen LogP contribution in [0.2, 0.25) is 0 Å². The van der Waals surface area contributed by atoms with Crippen molar-refractivity contribution in [2.75, 3.05) is 13.7 Å². The number of hydrogen-bond donors (Lipinski definition) is 0. The molecule has 4 nitrogen and oxygen atoms in total. The second-order valence-electron chi connectivity index (χ2n) is 6.28. The Morgan fingerprint density at radius 2 is 1.86 bits per heavy atom. The lowest BCUT2D eigenvalue weighted by Crippen LogP contribution is -2.11. The summed E-state index contributed by atoms with van der Waals surface area (Å²) in [5.41, 5.74) is 0.459. The average molecular weight is 391 g/mol. The van der Waals surface area contributed by atoms with Gasteiger partial charge in [0.05, 0.1) is 31.2 Å². The molecule has 0 saturated heterocycles. The SMILES string of the molecule is COC(=O)CCn1ccc2c(OCCc3ccccc3C(F)(F)F)cccc21. The molecule has 2 aromatic carbocycles. The van der Waals surface area contributed by atoms with Gasteiger partial charge in [-0.15, -0.1) is 0 Å². The number of benzene rings is 2. The molecular weight excluding hydrogens is 371 g/mol. The molecule has 0 fully saturated rings. The lowest BCUT2D eigenvalue weighted by atomic mass is 10.0. The molecule has 3 aromatic rings. The van der Waals surface area contributed by atoms with Crippen LogP contribution in [0.1, 0.15) is 17.5 Å². The summed E-state index contributed by atoms with van der Waals surface area (Å²) in [6.45, 7) is 0.595. The number of aromatic nitrogens is 1. The normalized spacial score (nSPS) is 11.6. The predicted octanol–water partition coefficient (Wildman–Crippen LogP) is 4.84. The van der Waals surface area contributed by atoms with Crippen LogP contribution in [-0.4, -0.2) is 24.3 Å². The first kappa shape index (κ1) is 19.8. The lowest BCUT2D eigenvalue weighted by molar-refractivity contribution is -0.141. The number of rotatable bonds is 7. The van der Waals surface area contributed by atoms with Gasteiger partial charge in [-0.1, -0.05) is 24.3 Å². The van der Waals surface area contributed by atoms with E-state index in [9.17, 15) is 18.0 Å². The van der Waals surface area contributed by atoms with Crippen LogP contribution in [0.25, 0.3) is 10.9 Å². The summed E-state index contributed by atoms with van der Waals surface area (Å²) in [7, 11) is 1.35. The maximum atomic E-state index is 13.1. The summed E-state index contributed by atoms with van der Waals surface area (Å²) in [6.07, 6.45) is -2.14. The molecular formula is C21H20F3NO3. The van der Waals surface area contributed by atoms with E-state index in [2.05, 4.69) is 4.74 Å². The number of methoxy groups -OCH3 is 1. The van der Waals surface area contributed by atoms with Gasteiger partial charge in [-0.2, -0.15) is 13.2 Å². The summed E-state index contributed by atoms with van der Waals surface area (Å²) in [5.74, 6) is 0.302. The van der Waals surface area contributed by atoms with Gasteiger partial charge in [0.2, 0.25) is 0 Å². The van der Waals surface area contributed by atoms with Gasteiger partial charge in [0.25, 0.3) is 0 Å².